The number of amides is 1. The van der Waals surface area contributed by atoms with Gasteiger partial charge in [-0.05, 0) is 77.2 Å². The molecular weight excluding hydrogens is 609 g/mol. The number of hydrogen-bond acceptors (Lipinski definition) is 7. The Labute approximate surface area is 227 Å². The fraction of sp³-hybridized carbons (Fsp3) is 0.240. The van der Waals surface area contributed by atoms with Crippen molar-refractivity contribution in [3.63, 3.8) is 0 Å². The summed E-state index contributed by atoms with van der Waals surface area (Å²) in [7, 11) is -2.74. The molecule has 1 fully saturated rings. The Balaban J connectivity index is 1.45. The normalized spacial score (nSPS) is 14.2. The summed E-state index contributed by atoms with van der Waals surface area (Å²) in [6, 6.07) is 14.7. The fourth-order valence-corrected chi connectivity index (χ4v) is 6.33. The number of carbonyl (C=O) groups excluding carboxylic acids is 1. The first-order chi connectivity index (χ1) is 17.8. The molecule has 0 atom stereocenters. The van der Waals surface area contributed by atoms with Gasteiger partial charge in [-0.25, -0.2) is 13.2 Å². The van der Waals surface area contributed by atoms with Crippen LogP contribution in [0.15, 0.2) is 76.7 Å². The number of piperazine rings is 1. The molecule has 0 bridgehead atoms. The molecule has 1 aliphatic rings. The lowest BCUT2D eigenvalue weighted by Crippen LogP contribution is -2.50. The zero-order valence-corrected chi connectivity index (χ0v) is 22.9. The van der Waals surface area contributed by atoms with Crippen LogP contribution in [0.1, 0.15) is 0 Å². The Morgan fingerprint density at radius 2 is 1.65 bits per heavy atom. The summed E-state index contributed by atoms with van der Waals surface area (Å²) in [6.45, 7) is 2.04. The molecule has 10 nitrogen and oxygen atoms in total. The van der Waals surface area contributed by atoms with Gasteiger partial charge in [0.25, 0.3) is 10.0 Å². The molecule has 3 heterocycles. The van der Waals surface area contributed by atoms with Gasteiger partial charge in [0.1, 0.15) is 12.3 Å². The van der Waals surface area contributed by atoms with Crippen molar-refractivity contribution in [1.82, 2.24) is 18.4 Å². The molecule has 192 valence electrons. The highest BCUT2D eigenvalue weighted by molar-refractivity contribution is 14.1. The SMILES string of the molecule is COc1ccc(S(=O)(=O)n2c(=O)n(CC(=O)N3CCN(c4ccncc4)CC3)c3cc(I)ccc32)cc1. The standard InChI is InChI=1S/C25H24IN5O5S/c1-36-20-3-5-21(6-4-20)37(34,35)31-22-7-2-18(26)16-23(22)30(25(31)33)17-24(32)29-14-12-28(13-15-29)19-8-10-27-11-9-19/h2-11,16H,12-15,17H2,1H3. The van der Waals surface area contributed by atoms with Crippen LogP contribution in [-0.4, -0.2) is 66.0 Å². The van der Waals surface area contributed by atoms with Crippen molar-refractivity contribution in [1.29, 1.82) is 0 Å². The maximum absolute atomic E-state index is 13.5. The molecule has 0 radical (unpaired) electrons. The molecule has 5 rings (SSSR count). The van der Waals surface area contributed by atoms with Crippen LogP contribution in [0.5, 0.6) is 5.75 Å². The van der Waals surface area contributed by atoms with Gasteiger partial charge < -0.3 is 14.5 Å². The number of nitrogens with zero attached hydrogens (tertiary/aromatic N) is 5. The number of methoxy groups -OCH3 is 1. The molecule has 37 heavy (non-hydrogen) atoms. The van der Waals surface area contributed by atoms with E-state index in [4.69, 9.17) is 4.74 Å². The smallest absolute Gasteiger partial charge is 0.343 e. The van der Waals surface area contributed by atoms with Crippen molar-refractivity contribution >= 4 is 55.2 Å². The number of pyridine rings is 1. The summed E-state index contributed by atoms with van der Waals surface area (Å²) in [4.78, 5) is 34.7. The van der Waals surface area contributed by atoms with Crippen molar-refractivity contribution in [2.75, 3.05) is 38.2 Å². The maximum atomic E-state index is 13.5. The summed E-state index contributed by atoms with van der Waals surface area (Å²) in [5.74, 6) is 0.258. The number of imidazole rings is 1. The second-order valence-corrected chi connectivity index (χ2v) is 11.6. The third-order valence-corrected chi connectivity index (χ3v) is 8.78. The van der Waals surface area contributed by atoms with Gasteiger partial charge >= 0.3 is 5.69 Å². The molecule has 0 aliphatic carbocycles. The average Bonchev–Trinajstić information content (AvgIpc) is 3.20. The first-order valence-corrected chi connectivity index (χ1v) is 14.0. The molecule has 2 aromatic carbocycles. The predicted octanol–water partition coefficient (Wildman–Crippen LogP) is 2.40. The van der Waals surface area contributed by atoms with Crippen molar-refractivity contribution < 1.29 is 17.9 Å². The molecule has 1 amide bonds. The van der Waals surface area contributed by atoms with Gasteiger partial charge in [0.05, 0.1) is 23.0 Å². The molecule has 0 saturated carbocycles. The topological polar surface area (TPSA) is 107 Å². The third-order valence-electron chi connectivity index (χ3n) is 6.40. The summed E-state index contributed by atoms with van der Waals surface area (Å²) in [5.41, 5.74) is 0.866. The summed E-state index contributed by atoms with van der Waals surface area (Å²) >= 11 is 2.10. The number of aromatic nitrogens is 3. The summed E-state index contributed by atoms with van der Waals surface area (Å²) < 4.78 is 35.0. The molecule has 2 aromatic heterocycles. The minimum atomic E-state index is -4.22. The number of ether oxygens (including phenoxy) is 1. The van der Waals surface area contributed by atoms with Gasteiger partial charge in [-0.3, -0.25) is 14.3 Å². The molecule has 4 aromatic rings. The quantitative estimate of drug-likeness (QED) is 0.301. The zero-order chi connectivity index (χ0) is 26.2. The van der Waals surface area contributed by atoms with E-state index in [1.807, 2.05) is 12.1 Å². The number of benzene rings is 2. The second kappa shape index (κ2) is 10.2. The summed E-state index contributed by atoms with van der Waals surface area (Å²) in [5, 5.41) is 0. The monoisotopic (exact) mass is 633 g/mol. The van der Waals surface area contributed by atoms with Crippen LogP contribution in [0.2, 0.25) is 0 Å². The van der Waals surface area contributed by atoms with Crippen LogP contribution >= 0.6 is 22.6 Å². The van der Waals surface area contributed by atoms with Crippen molar-refractivity contribution in [3.05, 3.63) is 81.0 Å². The molecular formula is C25H24IN5O5S. The lowest BCUT2D eigenvalue weighted by atomic mass is 10.2. The molecule has 1 aliphatic heterocycles. The zero-order valence-electron chi connectivity index (χ0n) is 19.9. The van der Waals surface area contributed by atoms with Gasteiger partial charge in [-0.2, -0.15) is 3.97 Å². The van der Waals surface area contributed by atoms with E-state index < -0.39 is 15.7 Å². The highest BCUT2D eigenvalue weighted by Gasteiger charge is 2.28. The number of anilines is 1. The molecule has 1 saturated heterocycles. The van der Waals surface area contributed by atoms with Crippen LogP contribution in [0.25, 0.3) is 11.0 Å². The predicted molar refractivity (Wildman–Crippen MR) is 148 cm³/mol. The summed E-state index contributed by atoms with van der Waals surface area (Å²) in [6.07, 6.45) is 3.47. The Kier molecular flexibility index (Phi) is 6.94. The van der Waals surface area contributed by atoms with Crippen LogP contribution in [-0.2, 0) is 21.4 Å². The highest BCUT2D eigenvalue weighted by atomic mass is 127. The van der Waals surface area contributed by atoms with E-state index in [9.17, 15) is 18.0 Å². The van der Waals surface area contributed by atoms with Gasteiger partial charge in [0, 0.05) is 47.8 Å². The minimum Gasteiger partial charge on any atom is -0.497 e. The number of rotatable bonds is 6. The molecule has 0 N–H and O–H groups in total. The van der Waals surface area contributed by atoms with Crippen LogP contribution in [0.4, 0.5) is 5.69 Å². The van der Waals surface area contributed by atoms with Gasteiger partial charge in [0.15, 0.2) is 0 Å². The van der Waals surface area contributed by atoms with Crippen LogP contribution in [0, 0.1) is 3.57 Å². The number of fused-ring (bicyclic) bond motifs is 1. The minimum absolute atomic E-state index is 0.0495. The van der Waals surface area contributed by atoms with Crippen LogP contribution < -0.4 is 15.3 Å². The fourth-order valence-electron chi connectivity index (χ4n) is 4.44. The first kappa shape index (κ1) is 25.3. The van der Waals surface area contributed by atoms with Crippen molar-refractivity contribution in [2.45, 2.75) is 11.4 Å². The number of carbonyl (C=O) groups is 1. The van der Waals surface area contributed by atoms with E-state index in [2.05, 4.69) is 32.5 Å². The van der Waals surface area contributed by atoms with Gasteiger partial charge in [0.2, 0.25) is 5.91 Å². The average molecular weight is 633 g/mol. The number of hydrogen-bond donors (Lipinski definition) is 0. The molecule has 0 unspecified atom stereocenters. The molecule has 12 heteroatoms. The Bertz CT molecular complexity index is 1610. The van der Waals surface area contributed by atoms with E-state index in [0.29, 0.717) is 37.4 Å². The largest absolute Gasteiger partial charge is 0.497 e. The van der Waals surface area contributed by atoms with E-state index in [1.54, 1.807) is 35.5 Å². The Morgan fingerprint density at radius 3 is 2.30 bits per heavy atom. The number of halogens is 1. The van der Waals surface area contributed by atoms with Gasteiger partial charge in [-0.15, -0.1) is 0 Å². The first-order valence-electron chi connectivity index (χ1n) is 11.5. The lowest BCUT2D eigenvalue weighted by Gasteiger charge is -2.36. The van der Waals surface area contributed by atoms with E-state index >= 15 is 0 Å². The Morgan fingerprint density at radius 1 is 0.973 bits per heavy atom. The Hall–Kier alpha value is -3.39. The van der Waals surface area contributed by atoms with Crippen LogP contribution in [0.3, 0.4) is 0 Å². The molecule has 0 spiro atoms. The second-order valence-electron chi connectivity index (χ2n) is 8.52. The van der Waals surface area contributed by atoms with E-state index in [1.165, 1.54) is 35.9 Å². The lowest BCUT2D eigenvalue weighted by molar-refractivity contribution is -0.132. The van der Waals surface area contributed by atoms with Crippen molar-refractivity contribution in [3.8, 4) is 5.75 Å². The maximum Gasteiger partial charge on any atom is 0.343 e. The van der Waals surface area contributed by atoms with E-state index in [-0.39, 0.29) is 22.9 Å². The van der Waals surface area contributed by atoms with E-state index in [0.717, 1.165) is 13.2 Å². The third kappa shape index (κ3) is 4.82. The van der Waals surface area contributed by atoms with Gasteiger partial charge in [-0.1, -0.05) is 0 Å². The van der Waals surface area contributed by atoms with Crippen molar-refractivity contribution in [2.24, 2.45) is 0 Å². The highest BCUT2D eigenvalue weighted by Crippen LogP contribution is 2.24.